The molecule has 5 saturated heterocycles. The summed E-state index contributed by atoms with van der Waals surface area (Å²) in [6.45, 7) is 0.427. The van der Waals surface area contributed by atoms with E-state index in [9.17, 15) is 95.8 Å². The Hall–Kier alpha value is -3.04. The van der Waals surface area contributed by atoms with Crippen LogP contribution in [0.5, 0.6) is 0 Å². The Morgan fingerprint density at radius 3 is 1.66 bits per heavy atom. The molecule has 26 atom stereocenters. The minimum absolute atomic E-state index is 0.761. The zero-order chi connectivity index (χ0) is 52.3. The predicted octanol–water partition coefficient (Wildman–Crippen LogP) is -11.3. The summed E-state index contributed by atoms with van der Waals surface area (Å²) in [5.74, 6) is -7.64. The minimum Gasteiger partial charge on any atom is -0.477 e. The van der Waals surface area contributed by atoms with Crippen molar-refractivity contribution in [3.8, 4) is 0 Å². The average molecular weight is 1020 g/mol. The number of aliphatic hydroxyl groups excluding tert-OH is 14. The van der Waals surface area contributed by atoms with E-state index in [-0.39, 0.29) is 0 Å². The second-order valence-electron chi connectivity index (χ2n) is 17.6. The van der Waals surface area contributed by atoms with Crippen molar-refractivity contribution < 1.29 is 138 Å². The van der Waals surface area contributed by atoms with Gasteiger partial charge in [-0.25, -0.2) is 4.79 Å². The minimum atomic E-state index is -3.17. The van der Waals surface area contributed by atoms with E-state index >= 15 is 0 Å². The summed E-state index contributed by atoms with van der Waals surface area (Å²) in [4.78, 5) is 49.8. The molecule has 0 aromatic heterocycles. The summed E-state index contributed by atoms with van der Waals surface area (Å²) in [5.41, 5.74) is 0. The standard InChI is InChI=1S/C39H65N3O28/c1-10-22(51)27(56)28(57)36(63-10)68-31-21(42-13(4)48)35(65-16(7-44)24(31)53)62-9-18-26(55)30(20(34(59)64-18)41-12(3)47)67-37-29(58)33(25(54)17(8-45)66-37)70-39(38(60)61)5-14(49)19(40-11(2)46)32(69-39)23(52)15(50)6-43/h10,14-37,43-45,49-59H,5-9H2,1-4H3,(H,40,46)(H,41,47)(H,42,48)(H,60,61)/t10-,14-,15+,16+,17+,18+,19+,20+,21+,22+,23+,24+,25-,26-,27+,28-,29+,30+,31+,32+,33-,34-,35+,36-,37-,39-/m0/s1. The third-order valence-corrected chi connectivity index (χ3v) is 12.4. The van der Waals surface area contributed by atoms with Crippen molar-refractivity contribution >= 4 is 23.7 Å². The first-order valence-corrected chi connectivity index (χ1v) is 22.1. The Balaban J connectivity index is 1.41. The molecule has 0 unspecified atom stereocenters. The topological polar surface area (TPSA) is 491 Å². The van der Waals surface area contributed by atoms with E-state index in [4.69, 9.17) is 42.6 Å². The van der Waals surface area contributed by atoms with Crippen LogP contribution in [-0.4, -0.2) is 286 Å². The number of hydrogen-bond donors (Lipinski definition) is 18. The third-order valence-electron chi connectivity index (χ3n) is 12.4. The van der Waals surface area contributed by atoms with Gasteiger partial charge in [0.25, 0.3) is 5.79 Å². The van der Waals surface area contributed by atoms with Crippen LogP contribution in [0, 0.1) is 0 Å². The van der Waals surface area contributed by atoms with Crippen LogP contribution < -0.4 is 16.0 Å². The molecule has 0 radical (unpaired) electrons. The van der Waals surface area contributed by atoms with Gasteiger partial charge in [0.2, 0.25) is 17.7 Å². The maximum Gasteiger partial charge on any atom is 0.364 e. The van der Waals surface area contributed by atoms with E-state index in [0.717, 1.165) is 20.8 Å². The normalized spacial score (nSPS) is 45.5. The van der Waals surface area contributed by atoms with Crippen LogP contribution in [0.15, 0.2) is 0 Å². The molecule has 3 amide bonds. The summed E-state index contributed by atoms with van der Waals surface area (Å²) in [5, 5.41) is 168. The number of carboxylic acid groups (broad SMARTS) is 1. The molecule has 5 rings (SSSR count). The number of rotatable bonds is 18. The van der Waals surface area contributed by atoms with E-state index in [1.807, 2.05) is 0 Å². The number of aliphatic hydroxyl groups is 14. The third kappa shape index (κ3) is 12.6. The van der Waals surface area contributed by atoms with Gasteiger partial charge in [0.05, 0.1) is 44.7 Å². The molecule has 18 N–H and O–H groups in total. The quantitative estimate of drug-likeness (QED) is 0.0606. The van der Waals surface area contributed by atoms with Gasteiger partial charge in [0.1, 0.15) is 110 Å². The largest absolute Gasteiger partial charge is 0.477 e. The number of ether oxygens (including phenoxy) is 9. The van der Waals surface area contributed by atoms with Gasteiger partial charge >= 0.3 is 5.97 Å². The second-order valence-corrected chi connectivity index (χ2v) is 17.6. The molecule has 5 heterocycles. The van der Waals surface area contributed by atoms with E-state index in [1.165, 1.54) is 6.92 Å². The van der Waals surface area contributed by atoms with Crippen LogP contribution in [0.1, 0.15) is 34.1 Å². The highest BCUT2D eigenvalue weighted by Crippen LogP contribution is 2.39. The van der Waals surface area contributed by atoms with Crippen LogP contribution in [-0.2, 0) is 61.8 Å². The summed E-state index contributed by atoms with van der Waals surface area (Å²) in [6, 6.07) is -4.95. The zero-order valence-corrected chi connectivity index (χ0v) is 38.0. The van der Waals surface area contributed by atoms with E-state index in [0.29, 0.717) is 0 Å². The Labute approximate surface area is 397 Å². The molecule has 70 heavy (non-hydrogen) atoms. The highest BCUT2D eigenvalue weighted by Gasteiger charge is 2.61. The molecule has 0 aromatic carbocycles. The van der Waals surface area contributed by atoms with Crippen molar-refractivity contribution in [1.29, 1.82) is 0 Å². The average Bonchev–Trinajstić information content (AvgIpc) is 3.29. The first kappa shape index (κ1) is 57.9. The van der Waals surface area contributed by atoms with E-state index in [1.54, 1.807) is 0 Å². The number of carbonyl (C=O) groups excluding carboxylic acids is 3. The van der Waals surface area contributed by atoms with Crippen LogP contribution in [0.3, 0.4) is 0 Å². The molecule has 5 aliphatic heterocycles. The van der Waals surface area contributed by atoms with Gasteiger partial charge in [-0.05, 0) is 6.92 Å². The van der Waals surface area contributed by atoms with Crippen LogP contribution in [0.25, 0.3) is 0 Å². The first-order chi connectivity index (χ1) is 32.8. The van der Waals surface area contributed by atoms with Gasteiger partial charge in [-0.3, -0.25) is 14.4 Å². The number of carbonyl (C=O) groups is 4. The second kappa shape index (κ2) is 24.3. The van der Waals surface area contributed by atoms with Crippen molar-refractivity contribution in [1.82, 2.24) is 16.0 Å². The van der Waals surface area contributed by atoms with E-state index in [2.05, 4.69) is 16.0 Å². The number of amides is 3. The van der Waals surface area contributed by atoms with Crippen molar-refractivity contribution in [3.05, 3.63) is 0 Å². The molecule has 0 aromatic rings. The van der Waals surface area contributed by atoms with Gasteiger partial charge in [-0.2, -0.15) is 0 Å². The van der Waals surface area contributed by atoms with Crippen molar-refractivity contribution in [3.63, 3.8) is 0 Å². The lowest BCUT2D eigenvalue weighted by molar-refractivity contribution is -0.381. The molecule has 404 valence electrons. The number of aliphatic carboxylic acids is 1. The van der Waals surface area contributed by atoms with Crippen molar-refractivity contribution in [2.75, 3.05) is 26.4 Å². The Morgan fingerprint density at radius 2 is 1.11 bits per heavy atom. The molecule has 0 spiro atoms. The smallest absolute Gasteiger partial charge is 0.364 e. The van der Waals surface area contributed by atoms with Crippen LogP contribution >= 0.6 is 0 Å². The molecule has 5 aliphatic rings. The van der Waals surface area contributed by atoms with E-state index < -0.39 is 215 Å². The van der Waals surface area contributed by atoms with Crippen LogP contribution in [0.4, 0.5) is 0 Å². The molecule has 0 bridgehead atoms. The highest BCUT2D eigenvalue weighted by molar-refractivity contribution is 5.77. The van der Waals surface area contributed by atoms with Gasteiger partial charge in [0, 0.05) is 27.2 Å². The predicted molar refractivity (Wildman–Crippen MR) is 217 cm³/mol. The van der Waals surface area contributed by atoms with Gasteiger partial charge < -0.3 is 135 Å². The fourth-order valence-electron chi connectivity index (χ4n) is 8.78. The lowest BCUT2D eigenvalue weighted by Crippen LogP contribution is -2.71. The monoisotopic (exact) mass is 1020 g/mol. The van der Waals surface area contributed by atoms with Gasteiger partial charge in [-0.1, -0.05) is 0 Å². The molecular formula is C39H65N3O28. The summed E-state index contributed by atoms with van der Waals surface area (Å²) >= 11 is 0. The fourth-order valence-corrected chi connectivity index (χ4v) is 8.78. The highest BCUT2D eigenvalue weighted by atomic mass is 16.8. The van der Waals surface area contributed by atoms with Gasteiger partial charge in [-0.15, -0.1) is 0 Å². The molecular weight excluding hydrogens is 958 g/mol. The van der Waals surface area contributed by atoms with Crippen molar-refractivity contribution in [2.45, 2.75) is 193 Å². The Kier molecular flexibility index (Phi) is 20.1. The lowest BCUT2D eigenvalue weighted by atomic mass is 9.88. The SMILES string of the molecule is CC(=O)N[C@@H]1[C@@H](O[C@@H]2O[C@H](CO)[C@H](O)[C@H](O[C@]3(C(=O)O)C[C@H](O)[C@@H](NC(C)=O)[C@H]([C@H](O)[C@H](O)CO)O3)[C@H]2O)[C@@H](O)[C@@H](CO[C@@H]2O[C@H](CO)[C@@H](O)[C@H](O[C@@H]3O[C@@H](C)[C@@H](O)[C@@H](O)[C@@H]3O)[C@H]2NC(C)=O)O[C@@H]1O. The lowest BCUT2D eigenvalue weighted by Gasteiger charge is -2.51. The first-order valence-electron chi connectivity index (χ1n) is 22.1. The molecule has 5 fully saturated rings. The van der Waals surface area contributed by atoms with Gasteiger partial charge in [0.15, 0.2) is 25.2 Å². The summed E-state index contributed by atoms with van der Waals surface area (Å²) < 4.78 is 51.3. The zero-order valence-electron chi connectivity index (χ0n) is 38.0. The molecule has 31 nitrogen and oxygen atoms in total. The Morgan fingerprint density at radius 1 is 0.614 bits per heavy atom. The molecule has 0 aliphatic carbocycles. The maximum absolute atomic E-state index is 13.0. The maximum atomic E-state index is 13.0. The van der Waals surface area contributed by atoms with Crippen LogP contribution in [0.2, 0.25) is 0 Å². The summed E-state index contributed by atoms with van der Waals surface area (Å²) in [6.07, 6.45) is -43.0. The molecule has 0 saturated carbocycles. The Bertz CT molecular complexity index is 1760. The number of carboxylic acids is 1. The fraction of sp³-hybridized carbons (Fsp3) is 0.897. The molecule has 31 heteroatoms. The van der Waals surface area contributed by atoms with Crippen molar-refractivity contribution in [2.24, 2.45) is 0 Å². The number of nitrogens with one attached hydrogen (secondary N) is 3. The summed E-state index contributed by atoms with van der Waals surface area (Å²) in [7, 11) is 0. The number of hydrogen-bond acceptors (Lipinski definition) is 27.